The quantitative estimate of drug-likeness (QED) is 0.749. The molecule has 0 saturated heterocycles. The maximum Gasteiger partial charge on any atom is 0.262 e. The zero-order valence-corrected chi connectivity index (χ0v) is 14.6. The number of hydrogen-bond donors (Lipinski definition) is 1. The molecule has 2 rings (SSSR count). The summed E-state index contributed by atoms with van der Waals surface area (Å²) >= 11 is 6.69. The number of nitrogens with one attached hydrogen (secondary N) is 1. The van der Waals surface area contributed by atoms with Crippen molar-refractivity contribution in [3.8, 4) is 5.75 Å². The second-order valence-electron chi connectivity index (χ2n) is 4.49. The molecule has 0 atom stereocenters. The molecule has 0 aliphatic heterocycles. The van der Waals surface area contributed by atoms with Crippen LogP contribution in [0.5, 0.6) is 5.75 Å². The van der Waals surface area contributed by atoms with Gasteiger partial charge in [-0.2, -0.15) is 0 Å². The van der Waals surface area contributed by atoms with Crippen LogP contribution < -0.4 is 10.1 Å². The van der Waals surface area contributed by atoms with Crippen LogP contribution in [0.15, 0.2) is 39.3 Å². The molecule has 0 spiro atoms. The summed E-state index contributed by atoms with van der Waals surface area (Å²) < 4.78 is 33.2. The van der Waals surface area contributed by atoms with Crippen molar-refractivity contribution in [1.82, 2.24) is 0 Å². The molecule has 7 heteroatoms. The van der Waals surface area contributed by atoms with E-state index in [1.165, 1.54) is 0 Å². The van der Waals surface area contributed by atoms with E-state index in [-0.39, 0.29) is 12.3 Å². The number of rotatable bonds is 4. The van der Waals surface area contributed by atoms with Crippen LogP contribution in [0, 0.1) is 18.6 Å². The highest BCUT2D eigenvalue weighted by atomic mass is 79.9. The first kappa shape index (κ1) is 16.9. The zero-order chi connectivity index (χ0) is 16.3. The molecule has 0 aliphatic carbocycles. The van der Waals surface area contributed by atoms with Gasteiger partial charge in [-0.15, -0.1) is 0 Å². The van der Waals surface area contributed by atoms with Crippen molar-refractivity contribution in [3.63, 3.8) is 0 Å². The first-order valence-corrected chi connectivity index (χ1v) is 7.79. The van der Waals surface area contributed by atoms with E-state index in [1.54, 1.807) is 6.07 Å². The third-order valence-corrected chi connectivity index (χ3v) is 3.79. The van der Waals surface area contributed by atoms with Gasteiger partial charge in [0.1, 0.15) is 17.4 Å². The first-order chi connectivity index (χ1) is 10.4. The molecular formula is C15H11Br2F2NO2. The van der Waals surface area contributed by atoms with Crippen molar-refractivity contribution in [2.45, 2.75) is 6.92 Å². The molecule has 2 aromatic carbocycles. The Morgan fingerprint density at radius 1 is 1.23 bits per heavy atom. The van der Waals surface area contributed by atoms with Crippen LogP contribution in [0.3, 0.4) is 0 Å². The van der Waals surface area contributed by atoms with E-state index in [0.29, 0.717) is 16.3 Å². The normalized spacial score (nSPS) is 10.4. The van der Waals surface area contributed by atoms with Crippen LogP contribution >= 0.6 is 31.9 Å². The maximum atomic E-state index is 13.4. The summed E-state index contributed by atoms with van der Waals surface area (Å²) in [4.78, 5) is 11.8. The molecule has 0 heterocycles. The van der Waals surface area contributed by atoms with Crippen LogP contribution in [0.25, 0.3) is 0 Å². The summed E-state index contributed by atoms with van der Waals surface area (Å²) in [7, 11) is 0. The van der Waals surface area contributed by atoms with Gasteiger partial charge in [-0.25, -0.2) is 8.78 Å². The van der Waals surface area contributed by atoms with Crippen LogP contribution in [0.1, 0.15) is 5.56 Å². The van der Waals surface area contributed by atoms with E-state index in [0.717, 1.165) is 22.2 Å². The lowest BCUT2D eigenvalue weighted by molar-refractivity contribution is -0.118. The zero-order valence-electron chi connectivity index (χ0n) is 11.4. The number of amides is 1. The van der Waals surface area contributed by atoms with Gasteiger partial charge in [0.2, 0.25) is 0 Å². The monoisotopic (exact) mass is 433 g/mol. The molecule has 0 saturated carbocycles. The Hall–Kier alpha value is -1.47. The third-order valence-electron chi connectivity index (χ3n) is 2.75. The summed E-state index contributed by atoms with van der Waals surface area (Å²) in [6.45, 7) is 1.54. The summed E-state index contributed by atoms with van der Waals surface area (Å²) in [5, 5.41) is 2.33. The topological polar surface area (TPSA) is 38.3 Å². The van der Waals surface area contributed by atoms with Gasteiger partial charge in [0.15, 0.2) is 6.61 Å². The van der Waals surface area contributed by atoms with Gasteiger partial charge in [0.05, 0.1) is 10.2 Å². The fraction of sp³-hybridized carbons (Fsp3) is 0.133. The molecule has 0 aliphatic rings. The molecule has 116 valence electrons. The molecule has 1 amide bonds. The number of carbonyl (C=O) groups excluding carboxylic acids is 1. The SMILES string of the molecule is Cc1cc(Br)cc(Br)c1OCC(=O)Nc1ccc(F)cc1F. The van der Waals surface area contributed by atoms with E-state index in [1.807, 2.05) is 13.0 Å². The number of halogens is 4. The Morgan fingerprint density at radius 3 is 2.59 bits per heavy atom. The lowest BCUT2D eigenvalue weighted by atomic mass is 10.2. The van der Waals surface area contributed by atoms with Gasteiger partial charge in [-0.1, -0.05) is 15.9 Å². The minimum absolute atomic E-state index is 0.0957. The number of carbonyl (C=O) groups is 1. The predicted octanol–water partition coefficient (Wildman–Crippen LogP) is 4.82. The van der Waals surface area contributed by atoms with Crippen LogP contribution in [0.2, 0.25) is 0 Å². The Kier molecular flexibility index (Phi) is 5.52. The molecule has 3 nitrogen and oxygen atoms in total. The average Bonchev–Trinajstić information content (AvgIpc) is 2.40. The van der Waals surface area contributed by atoms with Crippen molar-refractivity contribution in [2.75, 3.05) is 11.9 Å². The van der Waals surface area contributed by atoms with Gasteiger partial charge in [-0.05, 0) is 52.7 Å². The van der Waals surface area contributed by atoms with Crippen molar-refractivity contribution < 1.29 is 18.3 Å². The van der Waals surface area contributed by atoms with Crippen molar-refractivity contribution in [3.05, 3.63) is 56.5 Å². The molecule has 0 aromatic heterocycles. The minimum atomic E-state index is -0.839. The molecule has 2 aromatic rings. The van der Waals surface area contributed by atoms with E-state index < -0.39 is 17.5 Å². The third kappa shape index (κ3) is 4.27. The number of aryl methyl sites for hydroxylation is 1. The van der Waals surface area contributed by atoms with Crippen molar-refractivity contribution in [2.24, 2.45) is 0 Å². The van der Waals surface area contributed by atoms with E-state index in [9.17, 15) is 13.6 Å². The minimum Gasteiger partial charge on any atom is -0.482 e. The Balaban J connectivity index is 2.02. The first-order valence-electron chi connectivity index (χ1n) is 6.20. The molecule has 0 radical (unpaired) electrons. The highest BCUT2D eigenvalue weighted by Crippen LogP contribution is 2.32. The Bertz CT molecular complexity index is 700. The Morgan fingerprint density at radius 2 is 1.95 bits per heavy atom. The number of benzene rings is 2. The Labute approximate surface area is 142 Å². The fourth-order valence-electron chi connectivity index (χ4n) is 1.79. The lowest BCUT2D eigenvalue weighted by Crippen LogP contribution is -2.21. The van der Waals surface area contributed by atoms with Gasteiger partial charge < -0.3 is 10.1 Å². The molecule has 1 N–H and O–H groups in total. The van der Waals surface area contributed by atoms with E-state index in [4.69, 9.17) is 4.74 Å². The van der Waals surface area contributed by atoms with Gasteiger partial charge >= 0.3 is 0 Å². The molecular weight excluding hydrogens is 424 g/mol. The highest BCUT2D eigenvalue weighted by Gasteiger charge is 2.11. The predicted molar refractivity (Wildman–Crippen MR) is 87.1 cm³/mol. The maximum absolute atomic E-state index is 13.4. The number of ether oxygens (including phenoxy) is 1. The van der Waals surface area contributed by atoms with Crippen molar-refractivity contribution in [1.29, 1.82) is 0 Å². The average molecular weight is 435 g/mol. The van der Waals surface area contributed by atoms with Crippen LogP contribution in [-0.4, -0.2) is 12.5 Å². The number of anilines is 1. The summed E-state index contributed by atoms with van der Waals surface area (Å²) in [6, 6.07) is 6.56. The lowest BCUT2D eigenvalue weighted by Gasteiger charge is -2.12. The van der Waals surface area contributed by atoms with Gasteiger partial charge in [0.25, 0.3) is 5.91 Å². The van der Waals surface area contributed by atoms with Crippen LogP contribution in [0.4, 0.5) is 14.5 Å². The second-order valence-corrected chi connectivity index (χ2v) is 6.26. The number of hydrogen-bond acceptors (Lipinski definition) is 2. The fourth-order valence-corrected chi connectivity index (χ4v) is 3.34. The van der Waals surface area contributed by atoms with E-state index >= 15 is 0 Å². The molecule has 0 unspecified atom stereocenters. The molecule has 0 bridgehead atoms. The van der Waals surface area contributed by atoms with E-state index in [2.05, 4.69) is 37.2 Å². The van der Waals surface area contributed by atoms with Crippen molar-refractivity contribution >= 4 is 43.5 Å². The standard InChI is InChI=1S/C15H11Br2F2NO2/c1-8-4-9(16)5-11(17)15(8)22-7-14(21)20-13-3-2-10(18)6-12(13)19/h2-6H,7H2,1H3,(H,20,21). The highest BCUT2D eigenvalue weighted by molar-refractivity contribution is 9.11. The van der Waals surface area contributed by atoms with Crippen LogP contribution in [-0.2, 0) is 4.79 Å². The summed E-state index contributed by atoms with van der Waals surface area (Å²) in [5.41, 5.74) is 0.739. The molecule has 22 heavy (non-hydrogen) atoms. The smallest absolute Gasteiger partial charge is 0.262 e. The summed E-state index contributed by atoms with van der Waals surface area (Å²) in [5.74, 6) is -1.56. The molecule has 0 fully saturated rings. The largest absolute Gasteiger partial charge is 0.482 e. The van der Waals surface area contributed by atoms with Gasteiger partial charge in [-0.3, -0.25) is 4.79 Å². The second kappa shape index (κ2) is 7.19. The van der Waals surface area contributed by atoms with Gasteiger partial charge in [0, 0.05) is 10.5 Å². The summed E-state index contributed by atoms with van der Waals surface area (Å²) in [6.07, 6.45) is 0.